The summed E-state index contributed by atoms with van der Waals surface area (Å²) in [5.41, 5.74) is -5.21. The van der Waals surface area contributed by atoms with Crippen molar-refractivity contribution in [3.05, 3.63) is 0 Å². The van der Waals surface area contributed by atoms with Crippen molar-refractivity contribution in [2.75, 3.05) is 90.6 Å². The van der Waals surface area contributed by atoms with Crippen molar-refractivity contribution < 1.29 is 95.3 Å². The Bertz CT molecular complexity index is 2430. The van der Waals surface area contributed by atoms with Gasteiger partial charge in [0.2, 0.25) is 0 Å². The maximum absolute atomic E-state index is 12.7. The molecule has 0 aliphatic carbocycles. The zero-order valence-electron chi connectivity index (χ0n) is 52.3. The minimum Gasteiger partial charge on any atom is -0.465 e. The molecule has 5 heterocycles. The van der Waals surface area contributed by atoms with Crippen LogP contribution in [0.25, 0.3) is 0 Å². The fraction of sp³-hybridized carbons (Fsp3) is 0.741. The Labute approximate surface area is 535 Å². The van der Waals surface area contributed by atoms with Gasteiger partial charge in [0.15, 0.2) is 57.2 Å². The number of hydrogen-bond donors (Lipinski definition) is 0. The molecule has 0 aromatic rings. The molecule has 5 aliphatic rings. The quantitative estimate of drug-likeness (QED) is 0.0329. The van der Waals surface area contributed by atoms with Crippen LogP contribution in [0.5, 0.6) is 0 Å². The summed E-state index contributed by atoms with van der Waals surface area (Å²) in [6.45, 7) is 18.5. The van der Waals surface area contributed by atoms with Gasteiger partial charge in [0.25, 0.3) is 0 Å². The lowest BCUT2D eigenvalue weighted by atomic mass is 9.88. The summed E-state index contributed by atoms with van der Waals surface area (Å²) in [5, 5.41) is 0. The average molecular weight is 1330 g/mol. The molecule has 0 amide bonds. The number of nitrogens with zero attached hydrogens (tertiary/aromatic N) is 5. The first-order valence-electron chi connectivity index (χ1n) is 29.1. The molecule has 0 fully saturated rings. The molecule has 0 aromatic carbocycles. The summed E-state index contributed by atoms with van der Waals surface area (Å²) in [6.07, 6.45) is 3.72. The minimum atomic E-state index is -0.958. The molecule has 0 unspecified atom stereocenters. The van der Waals surface area contributed by atoms with Crippen molar-refractivity contribution in [3.8, 4) is 0 Å². The summed E-state index contributed by atoms with van der Waals surface area (Å²) in [6, 6.07) is 0. The first-order chi connectivity index (χ1) is 41.4. The van der Waals surface area contributed by atoms with E-state index in [2.05, 4.69) is 25.0 Å². The second kappa shape index (κ2) is 36.0. The molecular formula is C58H85N5O20S5. The molecule has 88 heavy (non-hydrogen) atoms. The van der Waals surface area contributed by atoms with Crippen LogP contribution in [0, 0.1) is 5.41 Å². The van der Waals surface area contributed by atoms with Crippen LogP contribution < -0.4 is 0 Å². The van der Waals surface area contributed by atoms with Crippen LogP contribution in [-0.2, 0) is 95.3 Å². The number of aliphatic imine (C=N–C) groups is 5. The maximum atomic E-state index is 12.7. The van der Waals surface area contributed by atoms with Gasteiger partial charge in [-0.3, -0.25) is 24.0 Å². The molecule has 0 aromatic heterocycles. The zero-order chi connectivity index (χ0) is 65.2. The first-order valence-corrected chi connectivity index (χ1v) is 34.8. The van der Waals surface area contributed by atoms with Crippen LogP contribution in [0.15, 0.2) is 25.0 Å². The van der Waals surface area contributed by atoms with E-state index in [4.69, 9.17) is 47.4 Å². The predicted molar refractivity (Wildman–Crippen MR) is 338 cm³/mol. The number of ether oxygens (including phenoxy) is 10. The maximum Gasteiger partial charge on any atom is 0.340 e. The van der Waals surface area contributed by atoms with Crippen LogP contribution in [0.3, 0.4) is 0 Å². The number of carbonyl (C=O) groups excluding carboxylic acids is 10. The Balaban J connectivity index is 0.000000418. The lowest BCUT2D eigenvalue weighted by molar-refractivity contribution is -0.162. The summed E-state index contributed by atoms with van der Waals surface area (Å²) < 4.78 is 52.7. The molecular weight excluding hydrogens is 1250 g/mol. The van der Waals surface area contributed by atoms with Gasteiger partial charge >= 0.3 is 59.7 Å². The van der Waals surface area contributed by atoms with Crippen molar-refractivity contribution in [2.24, 2.45) is 30.4 Å². The highest BCUT2D eigenvalue weighted by molar-refractivity contribution is 8.00. The molecule has 492 valence electrons. The van der Waals surface area contributed by atoms with E-state index < -0.39 is 51.0 Å². The Hall–Kier alpha value is -5.20. The predicted octanol–water partition coefficient (Wildman–Crippen LogP) is 7.32. The highest BCUT2D eigenvalue weighted by atomic mass is 32.2. The highest BCUT2D eigenvalue weighted by Gasteiger charge is 2.41. The SMILES string of the molecule is CC1(C)N=C(CCSCCC(=O)OCCOC(=O)CCSCCC2=NC(C)(C)C(=O)O2)OC1=O.CCC(COC(=O)CCSCCC1=NC(C)(C)C(=O)O1)(COC(=O)CCSCCC1=NC(C)(C)C(=O)O1)COC(=O)CCSCCC1=NC(C)(C)C(=O)O1. The largest absolute Gasteiger partial charge is 0.465 e. The molecule has 30 heteroatoms. The van der Waals surface area contributed by atoms with E-state index in [1.165, 1.54) is 35.3 Å². The summed E-state index contributed by atoms with van der Waals surface area (Å²) in [7, 11) is 0. The highest BCUT2D eigenvalue weighted by Crippen LogP contribution is 2.28. The molecule has 5 aliphatic heterocycles. The molecule has 0 saturated heterocycles. The van der Waals surface area contributed by atoms with Crippen LogP contribution in [0.2, 0.25) is 0 Å². The standard InChI is InChI=1S/C36H53N3O12S3.C22H32N2O8S2/c1-8-36(21-46-27(40)12-18-52-15-9-24-37-33(2,3)30(43)49-24,22-47-28(41)13-19-53-16-10-25-38-34(4,5)31(44)50-25)23-48-29(42)14-20-54-17-11-26-39-35(6,7)32(45)51-26;1-21(2)19(27)31-15(23-21)5-11-33-13-7-17(25)29-9-10-30-18(26)8-14-34-12-6-16-24-22(3,4)20(28)32-16/h8-23H2,1-7H3;5-14H2,1-4H3. The lowest BCUT2D eigenvalue weighted by Crippen LogP contribution is -2.39. The summed E-state index contributed by atoms with van der Waals surface area (Å²) in [5.74, 6) is 3.91. The van der Waals surface area contributed by atoms with Gasteiger partial charge in [0, 0.05) is 89.6 Å². The molecule has 5 rings (SSSR count). The second-order valence-corrected chi connectivity index (χ2v) is 29.2. The van der Waals surface area contributed by atoms with Gasteiger partial charge in [-0.15, -0.1) is 0 Å². The Kier molecular flexibility index (Phi) is 30.8. The van der Waals surface area contributed by atoms with Crippen molar-refractivity contribution in [3.63, 3.8) is 0 Å². The van der Waals surface area contributed by atoms with Crippen LogP contribution in [0.4, 0.5) is 0 Å². The normalized spacial score (nSPS) is 18.2. The molecule has 0 N–H and O–H groups in total. The number of esters is 10. The topological polar surface area (TPSA) is 325 Å². The van der Waals surface area contributed by atoms with Gasteiger partial charge in [0.05, 0.1) is 37.5 Å². The first kappa shape index (κ1) is 75.3. The van der Waals surface area contributed by atoms with E-state index in [-0.39, 0.29) is 107 Å². The molecule has 0 saturated carbocycles. The van der Waals surface area contributed by atoms with Gasteiger partial charge in [-0.25, -0.2) is 48.9 Å². The Morgan fingerprint density at radius 2 is 0.534 bits per heavy atom. The van der Waals surface area contributed by atoms with Gasteiger partial charge < -0.3 is 47.4 Å². The number of thioether (sulfide) groups is 5. The molecule has 25 nitrogen and oxygen atoms in total. The van der Waals surface area contributed by atoms with Gasteiger partial charge in [-0.1, -0.05) is 6.92 Å². The van der Waals surface area contributed by atoms with Crippen LogP contribution >= 0.6 is 58.8 Å². The monoisotopic (exact) mass is 1330 g/mol. The smallest absolute Gasteiger partial charge is 0.340 e. The number of rotatable bonds is 40. The summed E-state index contributed by atoms with van der Waals surface area (Å²) >= 11 is 7.59. The van der Waals surface area contributed by atoms with E-state index in [1.54, 1.807) is 92.8 Å². The number of cyclic esters (lactones) is 5. The van der Waals surface area contributed by atoms with Crippen LogP contribution in [-0.4, -0.2) is 207 Å². The van der Waals surface area contributed by atoms with Crippen molar-refractivity contribution in [1.29, 1.82) is 0 Å². The minimum absolute atomic E-state index is 0.0190. The van der Waals surface area contributed by atoms with Crippen LogP contribution in [0.1, 0.15) is 147 Å². The fourth-order valence-electron chi connectivity index (χ4n) is 7.48. The summed E-state index contributed by atoms with van der Waals surface area (Å²) in [4.78, 5) is 141. The van der Waals surface area contributed by atoms with Crippen molar-refractivity contribution in [2.45, 2.75) is 174 Å². The molecule has 0 spiro atoms. The van der Waals surface area contributed by atoms with E-state index in [9.17, 15) is 47.9 Å². The second-order valence-electron chi connectivity index (χ2n) is 23.1. The van der Waals surface area contributed by atoms with Gasteiger partial charge in [-0.05, 0) is 75.7 Å². The van der Waals surface area contributed by atoms with Gasteiger partial charge in [0.1, 0.15) is 33.0 Å². The third kappa shape index (κ3) is 27.1. The fourth-order valence-corrected chi connectivity index (χ4v) is 11.7. The zero-order valence-corrected chi connectivity index (χ0v) is 56.4. The van der Waals surface area contributed by atoms with E-state index in [1.807, 2.05) is 6.92 Å². The molecule has 0 atom stereocenters. The van der Waals surface area contributed by atoms with Crippen molar-refractivity contribution >= 4 is 148 Å². The Morgan fingerprint density at radius 1 is 0.341 bits per heavy atom. The van der Waals surface area contributed by atoms with E-state index >= 15 is 0 Å². The Morgan fingerprint density at radius 3 is 0.705 bits per heavy atom. The third-order valence-electron chi connectivity index (χ3n) is 13.1. The van der Waals surface area contributed by atoms with Crippen molar-refractivity contribution in [1.82, 2.24) is 0 Å². The number of hydrogen-bond acceptors (Lipinski definition) is 30. The third-order valence-corrected chi connectivity index (χ3v) is 18.0. The molecule has 0 bridgehead atoms. The molecule has 0 radical (unpaired) electrons. The average Bonchev–Trinajstić information content (AvgIpc) is 4.36. The lowest BCUT2D eigenvalue weighted by Gasteiger charge is -2.31. The van der Waals surface area contributed by atoms with Gasteiger partial charge in [-0.2, -0.15) is 58.8 Å². The van der Waals surface area contributed by atoms with E-state index in [0.717, 1.165) is 0 Å². The number of carbonyl (C=O) groups is 10. The van der Waals surface area contributed by atoms with E-state index in [0.29, 0.717) is 126 Å².